The molecule has 0 spiro atoms. The van der Waals surface area contributed by atoms with Crippen molar-refractivity contribution in [3.8, 4) is 5.75 Å². The number of nitrogens with one attached hydrogen (secondary N) is 1. The first-order valence-electron chi connectivity index (χ1n) is 13.0. The van der Waals surface area contributed by atoms with Crippen LogP contribution < -0.4 is 10.1 Å². The average molecular weight is 566 g/mol. The van der Waals surface area contributed by atoms with Crippen LogP contribution in [0.3, 0.4) is 0 Å². The fourth-order valence-electron chi connectivity index (χ4n) is 4.07. The Labute approximate surface area is 229 Å². The van der Waals surface area contributed by atoms with E-state index in [1.165, 1.54) is 5.56 Å². The smallest absolute Gasteiger partial charge is 0.261 e. The molecule has 0 saturated carbocycles. The minimum atomic E-state index is -0.669. The third-order valence-corrected chi connectivity index (χ3v) is 6.74. The molecule has 3 aromatic carbocycles. The Morgan fingerprint density at radius 2 is 1.65 bits per heavy atom. The lowest BCUT2D eigenvalue weighted by atomic mass is 10.0. The minimum Gasteiger partial charge on any atom is -0.484 e. The first kappa shape index (κ1) is 28.5. The molecule has 0 bridgehead atoms. The predicted octanol–water partition coefficient (Wildman–Crippen LogP) is 6.51. The Hall–Kier alpha value is -3.12. The van der Waals surface area contributed by atoms with Crippen LogP contribution in [0.5, 0.6) is 5.75 Å². The summed E-state index contributed by atoms with van der Waals surface area (Å²) in [6.45, 7) is 7.09. The van der Waals surface area contributed by atoms with Gasteiger partial charge in [-0.3, -0.25) is 9.59 Å². The molecule has 3 rings (SSSR count). The summed E-state index contributed by atoms with van der Waals surface area (Å²) in [4.78, 5) is 28.8. The van der Waals surface area contributed by atoms with E-state index in [0.717, 1.165) is 28.4 Å². The summed E-state index contributed by atoms with van der Waals surface area (Å²) in [5.41, 5.74) is 3.14. The van der Waals surface area contributed by atoms with Crippen molar-refractivity contribution in [2.24, 2.45) is 0 Å². The number of rotatable bonds is 13. The Kier molecular flexibility index (Phi) is 11.2. The zero-order valence-electron chi connectivity index (χ0n) is 22.0. The molecule has 6 heteroatoms. The number of carbonyl (C=O) groups excluding carboxylic acids is 2. The highest BCUT2D eigenvalue weighted by Crippen LogP contribution is 2.20. The maximum absolute atomic E-state index is 13.7. The van der Waals surface area contributed by atoms with E-state index in [0.29, 0.717) is 31.2 Å². The molecule has 0 radical (unpaired) electrons. The number of nitrogens with zero attached hydrogens (tertiary/aromatic N) is 1. The van der Waals surface area contributed by atoms with Crippen LogP contribution in [0, 0.1) is 0 Å². The number of carbonyl (C=O) groups is 2. The van der Waals surface area contributed by atoms with Crippen molar-refractivity contribution in [1.82, 2.24) is 10.2 Å². The van der Waals surface area contributed by atoms with Gasteiger partial charge in [-0.05, 0) is 53.3 Å². The zero-order valence-corrected chi connectivity index (χ0v) is 23.5. The van der Waals surface area contributed by atoms with E-state index in [9.17, 15) is 9.59 Å². The SMILES string of the molecule is CCCCNC(=O)C(Cc1ccccc1)N(Cc1cccc(Br)c1)C(=O)COc1ccc(C(C)C)cc1. The van der Waals surface area contributed by atoms with Crippen LogP contribution in [0.4, 0.5) is 0 Å². The summed E-state index contributed by atoms with van der Waals surface area (Å²) >= 11 is 3.52. The van der Waals surface area contributed by atoms with E-state index in [-0.39, 0.29) is 18.4 Å². The monoisotopic (exact) mass is 564 g/mol. The molecule has 196 valence electrons. The highest BCUT2D eigenvalue weighted by Gasteiger charge is 2.30. The van der Waals surface area contributed by atoms with Gasteiger partial charge in [-0.2, -0.15) is 0 Å². The van der Waals surface area contributed by atoms with Gasteiger partial charge in [-0.25, -0.2) is 0 Å². The molecule has 1 unspecified atom stereocenters. The zero-order chi connectivity index (χ0) is 26.6. The maximum Gasteiger partial charge on any atom is 0.261 e. The third kappa shape index (κ3) is 9.04. The van der Waals surface area contributed by atoms with E-state index < -0.39 is 6.04 Å². The molecule has 0 heterocycles. The molecular formula is C31H37BrN2O3. The van der Waals surface area contributed by atoms with Crippen LogP contribution >= 0.6 is 15.9 Å². The number of benzene rings is 3. The van der Waals surface area contributed by atoms with Crippen molar-refractivity contribution >= 4 is 27.7 Å². The molecule has 0 saturated heterocycles. The second kappa shape index (κ2) is 14.6. The van der Waals surface area contributed by atoms with Crippen LogP contribution in [0.25, 0.3) is 0 Å². The fraction of sp³-hybridized carbons (Fsp3) is 0.355. The summed E-state index contributed by atoms with van der Waals surface area (Å²) in [5, 5.41) is 3.04. The lowest BCUT2D eigenvalue weighted by molar-refractivity contribution is -0.142. The topological polar surface area (TPSA) is 58.6 Å². The molecule has 0 aromatic heterocycles. The van der Waals surface area contributed by atoms with Gasteiger partial charge < -0.3 is 15.0 Å². The van der Waals surface area contributed by atoms with E-state index in [1.807, 2.05) is 78.9 Å². The summed E-state index contributed by atoms with van der Waals surface area (Å²) in [5.74, 6) is 0.662. The predicted molar refractivity (Wildman–Crippen MR) is 153 cm³/mol. The summed E-state index contributed by atoms with van der Waals surface area (Å²) in [6.07, 6.45) is 2.29. The van der Waals surface area contributed by atoms with Gasteiger partial charge in [0, 0.05) is 24.0 Å². The number of hydrogen-bond acceptors (Lipinski definition) is 3. The third-order valence-electron chi connectivity index (χ3n) is 6.25. The molecular weight excluding hydrogens is 528 g/mol. The second-order valence-electron chi connectivity index (χ2n) is 9.51. The van der Waals surface area contributed by atoms with Crippen molar-refractivity contribution in [3.63, 3.8) is 0 Å². The van der Waals surface area contributed by atoms with Gasteiger partial charge >= 0.3 is 0 Å². The van der Waals surface area contributed by atoms with Gasteiger partial charge in [0.1, 0.15) is 11.8 Å². The highest BCUT2D eigenvalue weighted by atomic mass is 79.9. The number of hydrogen-bond donors (Lipinski definition) is 1. The number of halogens is 1. The van der Waals surface area contributed by atoms with Crippen LogP contribution in [-0.4, -0.2) is 35.9 Å². The van der Waals surface area contributed by atoms with E-state index >= 15 is 0 Å². The van der Waals surface area contributed by atoms with Crippen molar-refractivity contribution in [3.05, 3.63) is 100 Å². The fourth-order valence-corrected chi connectivity index (χ4v) is 4.52. The summed E-state index contributed by atoms with van der Waals surface area (Å²) in [6, 6.07) is 24.8. The Balaban J connectivity index is 1.86. The Bertz CT molecular complexity index is 1130. The maximum atomic E-state index is 13.7. The number of amides is 2. The van der Waals surface area contributed by atoms with Crippen LogP contribution in [0.2, 0.25) is 0 Å². The normalized spacial score (nSPS) is 11.7. The molecule has 37 heavy (non-hydrogen) atoms. The molecule has 0 fully saturated rings. The number of unbranched alkanes of at least 4 members (excludes halogenated alkanes) is 1. The minimum absolute atomic E-state index is 0.150. The molecule has 0 aliphatic rings. The van der Waals surface area contributed by atoms with Crippen molar-refractivity contribution in [1.29, 1.82) is 0 Å². The van der Waals surface area contributed by atoms with Gasteiger partial charge in [0.25, 0.3) is 5.91 Å². The van der Waals surface area contributed by atoms with Crippen LogP contribution in [0.1, 0.15) is 56.2 Å². The quantitative estimate of drug-likeness (QED) is 0.241. The van der Waals surface area contributed by atoms with Crippen LogP contribution in [0.15, 0.2) is 83.3 Å². The molecule has 1 atom stereocenters. The Morgan fingerprint density at radius 1 is 0.946 bits per heavy atom. The van der Waals surface area contributed by atoms with Crippen molar-refractivity contribution in [2.75, 3.05) is 13.2 Å². The first-order chi connectivity index (χ1) is 17.9. The lowest BCUT2D eigenvalue weighted by Crippen LogP contribution is -2.51. The first-order valence-corrected chi connectivity index (χ1v) is 13.7. The second-order valence-corrected chi connectivity index (χ2v) is 10.4. The van der Waals surface area contributed by atoms with Gasteiger partial charge in [-0.15, -0.1) is 0 Å². The number of ether oxygens (including phenoxy) is 1. The van der Waals surface area contributed by atoms with E-state index in [4.69, 9.17) is 4.74 Å². The van der Waals surface area contributed by atoms with Gasteiger partial charge in [0.05, 0.1) is 0 Å². The van der Waals surface area contributed by atoms with Gasteiger partial charge in [0.15, 0.2) is 6.61 Å². The molecule has 3 aromatic rings. The standard InChI is InChI=1S/C31H37BrN2O3/c1-4-5-18-33-31(36)29(20-24-10-7-6-8-11-24)34(21-25-12-9-13-27(32)19-25)30(35)22-37-28-16-14-26(15-17-28)23(2)3/h6-17,19,23,29H,4-5,18,20-22H2,1-3H3,(H,33,36). The van der Waals surface area contributed by atoms with Gasteiger partial charge in [0.2, 0.25) is 5.91 Å². The molecule has 0 aliphatic carbocycles. The largest absolute Gasteiger partial charge is 0.484 e. The van der Waals surface area contributed by atoms with E-state index in [1.54, 1.807) is 4.90 Å². The Morgan fingerprint density at radius 3 is 2.30 bits per heavy atom. The van der Waals surface area contributed by atoms with Crippen molar-refractivity contribution < 1.29 is 14.3 Å². The summed E-state index contributed by atoms with van der Waals surface area (Å²) < 4.78 is 6.81. The average Bonchev–Trinajstić information content (AvgIpc) is 2.90. The highest BCUT2D eigenvalue weighted by molar-refractivity contribution is 9.10. The van der Waals surface area contributed by atoms with E-state index in [2.05, 4.69) is 42.0 Å². The lowest BCUT2D eigenvalue weighted by Gasteiger charge is -2.31. The molecule has 0 aliphatic heterocycles. The van der Waals surface area contributed by atoms with Crippen LogP contribution in [-0.2, 0) is 22.6 Å². The van der Waals surface area contributed by atoms with Gasteiger partial charge in [-0.1, -0.05) is 97.7 Å². The summed E-state index contributed by atoms with van der Waals surface area (Å²) in [7, 11) is 0. The van der Waals surface area contributed by atoms with Crippen molar-refractivity contribution in [2.45, 2.75) is 58.5 Å². The molecule has 1 N–H and O–H groups in total. The molecule has 5 nitrogen and oxygen atoms in total. The molecule has 2 amide bonds.